The third kappa shape index (κ3) is 26.1. The molecule has 17 atom stereocenters. The summed E-state index contributed by atoms with van der Waals surface area (Å²) in [6.07, 6.45) is -1.13. The third-order valence-corrected chi connectivity index (χ3v) is 27.1. The number of halogens is 2. The number of esters is 2. The Morgan fingerprint density at radius 2 is 1.01 bits per heavy atom. The van der Waals surface area contributed by atoms with Crippen LogP contribution in [0.1, 0.15) is 131 Å². The molecule has 7 heterocycles. The van der Waals surface area contributed by atoms with Crippen LogP contribution in [0.5, 0.6) is 11.5 Å². The molecule has 2 aromatic rings. The summed E-state index contributed by atoms with van der Waals surface area (Å²) in [4.78, 5) is 207. The molecule has 38 nitrogen and oxygen atoms in total. The lowest BCUT2D eigenvalue weighted by Crippen LogP contribution is -2.63. The van der Waals surface area contributed by atoms with Gasteiger partial charge in [0, 0.05) is 124 Å². The van der Waals surface area contributed by atoms with E-state index in [1.165, 1.54) is 80.3 Å². The van der Waals surface area contributed by atoms with Gasteiger partial charge in [0.2, 0.25) is 59.1 Å². The van der Waals surface area contributed by atoms with Crippen molar-refractivity contribution in [1.29, 1.82) is 0 Å². The number of epoxide rings is 2. The number of aliphatic hydroxyl groups is 2. The predicted molar refractivity (Wildman–Crippen MR) is 472 cm³/mol. The number of nitrogens with zero attached hydrogens (tertiary/aromatic N) is 5. The molecule has 42 heteroatoms. The zero-order valence-electron chi connectivity index (χ0n) is 75.1. The quantitative estimate of drug-likeness (QED) is 0.0230. The number of hydrogen-bond acceptors (Lipinski definition) is 29. The first kappa shape index (κ1) is 103. The number of anilines is 2. The van der Waals surface area contributed by atoms with Gasteiger partial charge in [-0.25, -0.2) is 19.2 Å². The SMILES string of the molecule is COc1cc2cc(c1Cl)N(C)C(=O)CC(OC(=O)C(C)N(C)C(=O)CCSC(=O)CCNC(=O)CNC(=O)CNC(=O)CNC(=O)CCCN1C(=O)CC(SCCC(=O)N(C)C(C)C(=O)OC3CC(=O)N(C)c4cc(cc(OC)c4Cl)C/C(C)=C/C=C/C(OC)C4(O)CC(OC(=O)N4)C(C)C4OC34C)C1=O)C1(C)OC1C(C)C1CC(O)(NC(=O)O1)C(OC)/C=C/C=C(\C)C2. The number of nitrogens with one attached hydrogen (secondary N) is 6. The smallest absolute Gasteiger partial charge is 0.409 e. The first-order chi connectivity index (χ1) is 60.8. The Hall–Kier alpha value is -9.91. The van der Waals surface area contributed by atoms with E-state index in [-0.39, 0.29) is 86.0 Å². The minimum atomic E-state index is -1.93. The lowest BCUT2D eigenvalue weighted by atomic mass is 9.83. The monoisotopic (exact) mass is 1880 g/mol. The molecule has 12 amide bonds. The number of rotatable bonds is 30. The zero-order chi connectivity index (χ0) is 95.1. The number of allylic oxidation sites excluding steroid dienone is 6. The van der Waals surface area contributed by atoms with Crippen molar-refractivity contribution in [3.8, 4) is 11.5 Å². The number of fused-ring (bicyclic) bond motifs is 10. The molecule has 8 N–H and O–H groups in total. The molecule has 2 aromatic carbocycles. The van der Waals surface area contributed by atoms with Crippen molar-refractivity contribution in [3.05, 3.63) is 93.0 Å². The van der Waals surface area contributed by atoms with Crippen LogP contribution in [0.25, 0.3) is 0 Å². The summed E-state index contributed by atoms with van der Waals surface area (Å²) in [5, 5.41) is 37.4. The van der Waals surface area contributed by atoms with Crippen molar-refractivity contribution in [2.45, 2.75) is 221 Å². The molecule has 0 spiro atoms. The second kappa shape index (κ2) is 44.8. The van der Waals surface area contributed by atoms with E-state index in [4.69, 9.17) is 70.6 Å². The van der Waals surface area contributed by atoms with Crippen molar-refractivity contribution >= 4 is 146 Å². The highest BCUT2D eigenvalue weighted by molar-refractivity contribution is 8.13. The number of ether oxygens (including phenoxy) is 10. The first-order valence-corrected chi connectivity index (χ1v) is 45.0. The minimum Gasteiger partial charge on any atom is -0.495 e. The molecule has 5 fully saturated rings. The lowest BCUT2D eigenvalue weighted by Gasteiger charge is -2.42. The Kier molecular flexibility index (Phi) is 35.7. The van der Waals surface area contributed by atoms with Crippen LogP contribution in [0.4, 0.5) is 21.0 Å². The second-order valence-electron chi connectivity index (χ2n) is 33.5. The number of likely N-dealkylation sites (tertiary alicyclic amines) is 1. The van der Waals surface area contributed by atoms with E-state index in [0.717, 1.165) is 60.5 Å². The highest BCUT2D eigenvalue weighted by Gasteiger charge is 2.66. The lowest BCUT2D eigenvalue weighted by molar-refractivity contribution is -0.162. The number of thioether (sulfide) groups is 2. The van der Waals surface area contributed by atoms with Gasteiger partial charge in [0.05, 0.1) is 75.5 Å². The number of imide groups is 1. The maximum Gasteiger partial charge on any atom is 0.409 e. The molecule has 9 rings (SSSR count). The molecule has 7 aliphatic heterocycles. The van der Waals surface area contributed by atoms with E-state index in [2.05, 4.69) is 31.9 Å². The molecule has 0 saturated carbocycles. The summed E-state index contributed by atoms with van der Waals surface area (Å²) in [5.41, 5.74) is -2.84. The van der Waals surface area contributed by atoms with Gasteiger partial charge in [-0.1, -0.05) is 96.4 Å². The fourth-order valence-electron chi connectivity index (χ4n) is 15.9. The third-order valence-electron chi connectivity index (χ3n) is 24.2. The van der Waals surface area contributed by atoms with E-state index in [9.17, 15) is 82.1 Å². The van der Waals surface area contributed by atoms with E-state index in [1.54, 1.807) is 76.3 Å². The Labute approximate surface area is 766 Å². The molecule has 0 radical (unpaired) electrons. The number of carbonyl (C=O) groups is 15. The number of hydrogen-bond donors (Lipinski definition) is 8. The van der Waals surface area contributed by atoms with Gasteiger partial charge in [-0.2, -0.15) is 0 Å². The Balaban J connectivity index is 0.655. The Bertz CT molecular complexity index is 4730. The zero-order valence-corrected chi connectivity index (χ0v) is 78.3. The molecule has 0 aromatic heterocycles. The minimum absolute atomic E-state index is 0.0116. The summed E-state index contributed by atoms with van der Waals surface area (Å²) >= 11 is 15.5. The van der Waals surface area contributed by atoms with Crippen LogP contribution in [0.15, 0.2) is 71.9 Å². The van der Waals surface area contributed by atoms with Crippen LogP contribution in [0.3, 0.4) is 0 Å². The fraction of sp³-hybridized carbons (Fsp3) is 0.598. The van der Waals surface area contributed by atoms with Gasteiger partial charge < -0.3 is 98.4 Å². The van der Waals surface area contributed by atoms with Crippen molar-refractivity contribution in [3.63, 3.8) is 0 Å². The molecular weight excluding hydrogens is 1770 g/mol. The van der Waals surface area contributed by atoms with E-state index < -0.39 is 221 Å². The van der Waals surface area contributed by atoms with Crippen molar-refractivity contribution < 1.29 is 129 Å². The van der Waals surface area contributed by atoms with E-state index >= 15 is 0 Å². The maximum absolute atomic E-state index is 14.5. The molecule has 8 bridgehead atoms. The predicted octanol–water partition coefficient (Wildman–Crippen LogP) is 4.58. The van der Waals surface area contributed by atoms with Crippen LogP contribution in [0.2, 0.25) is 10.0 Å². The largest absolute Gasteiger partial charge is 0.495 e. The summed E-state index contributed by atoms with van der Waals surface area (Å²) in [7, 11) is 11.4. The molecule has 129 heavy (non-hydrogen) atoms. The van der Waals surface area contributed by atoms with Crippen LogP contribution < -0.4 is 51.2 Å². The highest BCUT2D eigenvalue weighted by atomic mass is 35.5. The number of likely N-dealkylation sites (N-methyl/N-ethyl adjacent to an activating group) is 2. The Morgan fingerprint density at radius 1 is 0.589 bits per heavy atom. The molecule has 5 saturated heterocycles. The van der Waals surface area contributed by atoms with Gasteiger partial charge in [0.1, 0.15) is 81.5 Å². The standard InChI is InChI=1S/C87H117Cl2N11O27S2/c1-46-20-17-22-61(120-15)86(116)41-58(122-82(114)94-86)48(3)77-84(7,126-77)63(39-71(107)98(11)54-34-52(32-46)36-56(118-13)75(54)88)124-80(112)50(5)96(9)69(105)26-30-128-60-38-73(109)100(79(60)111)29-19-24-65(101)91-44-67(103)93-45-68(104)92-43-66(102)90-28-25-74(110)129-31-27-70(106)97(10)51(6)81(113)125-64-40-72(108)99(12)55-35-53(37-57(119-14)76(55)89)33-47(2)21-18-23-62(121-16)87(117)42-59(123-83(115)95-87)49(4)78-85(64,8)127-78/h17-18,20-23,34-37,48-51,58-64,77-78,116-117H,19,24-33,38-45H2,1-16H3,(H,90,102)(H,91,101)(H,92,104)(H,93,103)(H,94,114)(H,95,115)/b22-17+,23-18+,46-20+,47-21+. The van der Waals surface area contributed by atoms with Crippen molar-refractivity contribution in [1.82, 2.24) is 46.6 Å². The molecule has 17 unspecified atom stereocenters. The second-order valence-corrected chi connectivity index (χ2v) is 36.7. The topological polar surface area (TPSA) is 484 Å². The Morgan fingerprint density at radius 3 is 1.43 bits per heavy atom. The normalized spacial score (nSPS) is 28.9. The highest BCUT2D eigenvalue weighted by Crippen LogP contribution is 2.52. The van der Waals surface area contributed by atoms with Crippen molar-refractivity contribution in [2.24, 2.45) is 11.8 Å². The van der Waals surface area contributed by atoms with Crippen LogP contribution >= 0.6 is 46.7 Å². The van der Waals surface area contributed by atoms with Gasteiger partial charge in [0.25, 0.3) is 0 Å². The molecule has 7 aliphatic rings. The number of carbonyl (C=O) groups excluding carboxylic acids is 15. The fourth-order valence-corrected chi connectivity index (χ4v) is 18.4. The average Bonchev–Trinajstić information content (AvgIpc) is 1.57. The first-order valence-electron chi connectivity index (χ1n) is 42.2. The summed E-state index contributed by atoms with van der Waals surface area (Å²) in [5.74, 6) is -8.45. The van der Waals surface area contributed by atoms with Gasteiger partial charge in [-0.15, -0.1) is 11.8 Å². The van der Waals surface area contributed by atoms with Crippen LogP contribution in [-0.4, -0.2) is 303 Å². The van der Waals surface area contributed by atoms with Gasteiger partial charge in [-0.05, 0) is 96.2 Å². The van der Waals surface area contributed by atoms with Gasteiger partial charge in [0.15, 0.2) is 16.6 Å². The summed E-state index contributed by atoms with van der Waals surface area (Å²) < 4.78 is 58.9. The maximum atomic E-state index is 14.5. The molecule has 708 valence electrons. The number of benzene rings is 2. The van der Waals surface area contributed by atoms with Crippen molar-refractivity contribution in [2.75, 3.05) is 111 Å². The van der Waals surface area contributed by atoms with Crippen LogP contribution in [-0.2, 0) is 113 Å². The van der Waals surface area contributed by atoms with E-state index in [0.29, 0.717) is 35.7 Å². The molecular formula is C87H117Cl2N11O27S2. The van der Waals surface area contributed by atoms with Crippen LogP contribution in [0, 0.1) is 11.8 Å². The summed E-state index contributed by atoms with van der Waals surface area (Å²) in [6, 6.07) is 4.48. The molecule has 0 aliphatic carbocycles. The van der Waals surface area contributed by atoms with E-state index in [1.807, 2.05) is 26.0 Å². The van der Waals surface area contributed by atoms with Gasteiger partial charge in [-0.3, -0.25) is 68.3 Å². The summed E-state index contributed by atoms with van der Waals surface area (Å²) in [6.45, 7) is 11.4. The number of methoxy groups -OCH3 is 4. The van der Waals surface area contributed by atoms with Gasteiger partial charge >= 0.3 is 24.1 Å². The number of amides is 12. The number of alkyl carbamates (subject to hydrolysis) is 2. The average molecular weight is 1880 g/mol.